The van der Waals surface area contributed by atoms with Crippen molar-refractivity contribution in [2.75, 3.05) is 10.6 Å². The summed E-state index contributed by atoms with van der Waals surface area (Å²) in [5.41, 5.74) is 3.22. The van der Waals surface area contributed by atoms with Crippen LogP contribution >= 0.6 is 11.6 Å². The number of H-pyrrole nitrogens is 2. The number of carbonyl (C=O) groups is 2. The number of amides is 2. The number of aromatic nitrogens is 4. The van der Waals surface area contributed by atoms with Crippen LogP contribution in [0, 0.1) is 20.8 Å². The van der Waals surface area contributed by atoms with Gasteiger partial charge in [0.05, 0.1) is 6.33 Å². The highest BCUT2D eigenvalue weighted by molar-refractivity contribution is 6.30. The van der Waals surface area contributed by atoms with Crippen LogP contribution in [0.2, 0.25) is 5.15 Å². The summed E-state index contributed by atoms with van der Waals surface area (Å²) in [6.45, 7) is 5.53. The molecule has 3 aromatic rings. The normalized spacial score (nSPS) is 10.6. The van der Waals surface area contributed by atoms with Crippen molar-refractivity contribution in [1.82, 2.24) is 20.2 Å². The van der Waals surface area contributed by atoms with E-state index in [0.717, 1.165) is 11.1 Å². The molecule has 0 radical (unpaired) electrons. The molecule has 0 aliphatic carbocycles. The van der Waals surface area contributed by atoms with Crippen LogP contribution in [0.1, 0.15) is 37.7 Å². The Hall–Kier alpha value is -3.13. The van der Waals surface area contributed by atoms with Crippen molar-refractivity contribution >= 4 is 34.9 Å². The van der Waals surface area contributed by atoms with Gasteiger partial charge < -0.3 is 15.6 Å². The third-order valence-corrected chi connectivity index (χ3v) is 4.28. The number of rotatable bonds is 4. The molecule has 1 aromatic carbocycles. The number of anilines is 2. The molecule has 9 heteroatoms. The first-order valence-electron chi connectivity index (χ1n) is 7.80. The predicted molar refractivity (Wildman–Crippen MR) is 98.7 cm³/mol. The summed E-state index contributed by atoms with van der Waals surface area (Å²) in [6, 6.07) is 5.72. The molecule has 4 N–H and O–H groups in total. The summed E-state index contributed by atoms with van der Waals surface area (Å²) < 4.78 is 0. The van der Waals surface area contributed by atoms with Crippen LogP contribution in [0.15, 0.2) is 24.5 Å². The fourth-order valence-electron chi connectivity index (χ4n) is 2.37. The number of carbonyl (C=O) groups excluding carboxylic acids is 2. The summed E-state index contributed by atoms with van der Waals surface area (Å²) in [5.74, 6) is -0.656. The summed E-state index contributed by atoms with van der Waals surface area (Å²) in [7, 11) is 0. The summed E-state index contributed by atoms with van der Waals surface area (Å²) in [5, 5.41) is 12.1. The zero-order valence-corrected chi connectivity index (χ0v) is 15.2. The molecular formula is C17H17ClN6O2. The van der Waals surface area contributed by atoms with Gasteiger partial charge in [-0.3, -0.25) is 14.7 Å². The number of aromatic amines is 2. The molecule has 2 heterocycles. The van der Waals surface area contributed by atoms with Gasteiger partial charge in [0.2, 0.25) is 0 Å². The Kier molecular flexibility index (Phi) is 4.77. The van der Waals surface area contributed by atoms with Gasteiger partial charge in [0, 0.05) is 11.3 Å². The van der Waals surface area contributed by atoms with Crippen molar-refractivity contribution in [1.29, 1.82) is 0 Å². The quantitative estimate of drug-likeness (QED) is 0.562. The van der Waals surface area contributed by atoms with E-state index in [0.29, 0.717) is 17.1 Å². The first-order chi connectivity index (χ1) is 12.4. The van der Waals surface area contributed by atoms with Crippen molar-refractivity contribution in [3.8, 4) is 0 Å². The Labute approximate surface area is 154 Å². The predicted octanol–water partition coefficient (Wildman–Crippen LogP) is 3.22. The molecule has 2 aromatic heterocycles. The lowest BCUT2D eigenvalue weighted by Crippen LogP contribution is -2.21. The molecule has 8 nitrogen and oxygen atoms in total. The van der Waals surface area contributed by atoms with Gasteiger partial charge in [0.15, 0.2) is 10.8 Å². The molecule has 0 unspecified atom stereocenters. The molecule has 0 fully saturated rings. The highest BCUT2D eigenvalue weighted by atomic mass is 35.5. The number of hydrogen-bond donors (Lipinski definition) is 4. The lowest BCUT2D eigenvalue weighted by Gasteiger charge is -2.09. The minimum atomic E-state index is -0.531. The number of benzene rings is 1. The lowest BCUT2D eigenvalue weighted by atomic mass is 10.1. The Bertz CT molecular complexity index is 991. The fourth-order valence-corrected chi connectivity index (χ4v) is 2.50. The molecule has 0 atom stereocenters. The maximum absolute atomic E-state index is 12.6. The van der Waals surface area contributed by atoms with E-state index in [1.165, 1.54) is 6.33 Å². The highest BCUT2D eigenvalue weighted by Gasteiger charge is 2.22. The van der Waals surface area contributed by atoms with E-state index >= 15 is 0 Å². The van der Waals surface area contributed by atoms with Crippen LogP contribution in [0.4, 0.5) is 11.5 Å². The second-order valence-corrected chi connectivity index (χ2v) is 6.23. The third-order valence-electron chi connectivity index (χ3n) is 3.91. The van der Waals surface area contributed by atoms with Gasteiger partial charge in [-0.15, -0.1) is 0 Å². The molecule has 0 saturated carbocycles. The lowest BCUT2D eigenvalue weighted by molar-refractivity contribution is 0.0985. The number of aryl methyl sites for hydroxylation is 2. The van der Waals surface area contributed by atoms with E-state index in [1.807, 2.05) is 32.0 Å². The van der Waals surface area contributed by atoms with Crippen LogP contribution < -0.4 is 10.6 Å². The van der Waals surface area contributed by atoms with E-state index in [4.69, 9.17) is 11.6 Å². The molecular weight excluding hydrogens is 356 g/mol. The van der Waals surface area contributed by atoms with Gasteiger partial charge in [-0.25, -0.2) is 4.98 Å². The SMILES string of the molecule is Cc1ccc(C)c(NC(=O)c2nc[nH]c2C(=O)Nc2[nH]nc(Cl)c2C)c1. The highest BCUT2D eigenvalue weighted by Crippen LogP contribution is 2.21. The number of imidazole rings is 1. The maximum atomic E-state index is 12.6. The van der Waals surface area contributed by atoms with Crippen molar-refractivity contribution in [3.63, 3.8) is 0 Å². The van der Waals surface area contributed by atoms with E-state index in [1.54, 1.807) is 6.92 Å². The van der Waals surface area contributed by atoms with E-state index in [9.17, 15) is 9.59 Å². The molecule has 2 amide bonds. The van der Waals surface area contributed by atoms with Crippen LogP contribution in [0.25, 0.3) is 0 Å². The summed E-state index contributed by atoms with van der Waals surface area (Å²) in [6.07, 6.45) is 1.29. The number of nitrogens with one attached hydrogen (secondary N) is 4. The second-order valence-electron chi connectivity index (χ2n) is 5.87. The van der Waals surface area contributed by atoms with Gasteiger partial charge in [0.1, 0.15) is 11.5 Å². The zero-order chi connectivity index (χ0) is 18.8. The topological polar surface area (TPSA) is 116 Å². The Morgan fingerprint density at radius 1 is 1.12 bits per heavy atom. The number of halogens is 1. The van der Waals surface area contributed by atoms with E-state index in [2.05, 4.69) is 30.8 Å². The van der Waals surface area contributed by atoms with E-state index in [-0.39, 0.29) is 16.5 Å². The van der Waals surface area contributed by atoms with Crippen LogP contribution in [0.5, 0.6) is 0 Å². The monoisotopic (exact) mass is 372 g/mol. The standard InChI is InChI=1S/C17H17ClN6O2/c1-8-4-5-9(2)11(6-8)21-16(25)12-13(20-7-19-12)17(26)22-15-10(3)14(18)23-24-15/h4-7H,1-3H3,(H,19,20)(H,21,25)(H2,22,23,24,26). The molecule has 0 aliphatic rings. The van der Waals surface area contributed by atoms with Crippen molar-refractivity contribution in [2.24, 2.45) is 0 Å². The smallest absolute Gasteiger partial charge is 0.276 e. The zero-order valence-electron chi connectivity index (χ0n) is 14.4. The number of hydrogen-bond acceptors (Lipinski definition) is 4. The Balaban J connectivity index is 1.81. The Morgan fingerprint density at radius 3 is 2.58 bits per heavy atom. The molecule has 0 aliphatic heterocycles. The van der Waals surface area contributed by atoms with Crippen LogP contribution in [-0.4, -0.2) is 32.0 Å². The summed E-state index contributed by atoms with van der Waals surface area (Å²) in [4.78, 5) is 31.7. The average molecular weight is 373 g/mol. The molecule has 3 rings (SSSR count). The van der Waals surface area contributed by atoms with Gasteiger partial charge in [-0.05, 0) is 38.0 Å². The van der Waals surface area contributed by atoms with Gasteiger partial charge >= 0.3 is 0 Å². The second kappa shape index (κ2) is 7.01. The van der Waals surface area contributed by atoms with Crippen molar-refractivity contribution < 1.29 is 9.59 Å². The first-order valence-corrected chi connectivity index (χ1v) is 8.18. The van der Waals surface area contributed by atoms with Gasteiger partial charge in [-0.2, -0.15) is 5.10 Å². The third kappa shape index (κ3) is 3.45. The van der Waals surface area contributed by atoms with Gasteiger partial charge in [0.25, 0.3) is 11.8 Å². The molecule has 0 saturated heterocycles. The average Bonchev–Trinajstić information content (AvgIpc) is 3.21. The Morgan fingerprint density at radius 2 is 1.88 bits per heavy atom. The van der Waals surface area contributed by atoms with E-state index < -0.39 is 11.8 Å². The first kappa shape index (κ1) is 17.7. The van der Waals surface area contributed by atoms with Crippen molar-refractivity contribution in [3.05, 3.63) is 57.8 Å². The number of nitrogens with zero attached hydrogens (tertiary/aromatic N) is 2. The molecule has 0 bridgehead atoms. The largest absolute Gasteiger partial charge is 0.340 e. The maximum Gasteiger partial charge on any atom is 0.276 e. The van der Waals surface area contributed by atoms with Crippen LogP contribution in [-0.2, 0) is 0 Å². The van der Waals surface area contributed by atoms with Crippen LogP contribution in [0.3, 0.4) is 0 Å². The minimum Gasteiger partial charge on any atom is -0.340 e. The molecule has 134 valence electrons. The van der Waals surface area contributed by atoms with Gasteiger partial charge in [-0.1, -0.05) is 23.7 Å². The summed E-state index contributed by atoms with van der Waals surface area (Å²) >= 11 is 5.86. The van der Waals surface area contributed by atoms with Crippen molar-refractivity contribution in [2.45, 2.75) is 20.8 Å². The fraction of sp³-hybridized carbons (Fsp3) is 0.176. The molecule has 0 spiro atoms. The molecule has 26 heavy (non-hydrogen) atoms. The minimum absolute atomic E-state index is 0.00771.